The Balaban J connectivity index is 2.41. The summed E-state index contributed by atoms with van der Waals surface area (Å²) in [5, 5.41) is 3.72. The molecule has 0 aliphatic heterocycles. The number of aromatic nitrogens is 1. The third-order valence-electron chi connectivity index (χ3n) is 1.68. The molecular weight excluding hydrogens is 166 g/mol. The zero-order chi connectivity index (χ0) is 9.10. The van der Waals surface area contributed by atoms with Crippen molar-refractivity contribution in [1.82, 2.24) is 5.16 Å². The van der Waals surface area contributed by atoms with Crippen LogP contribution in [0.25, 0.3) is 11.3 Å². The van der Waals surface area contributed by atoms with Crippen LogP contribution in [-0.4, -0.2) is 11.4 Å². The fraction of sp³-hybridized carbons (Fsp3) is 0. The lowest BCUT2D eigenvalue weighted by Gasteiger charge is -1.90. The van der Waals surface area contributed by atoms with E-state index in [9.17, 15) is 4.79 Å². The van der Waals surface area contributed by atoms with Crippen LogP contribution in [0.5, 0.6) is 0 Å². The Morgan fingerprint density at radius 3 is 2.62 bits per heavy atom. The van der Waals surface area contributed by atoms with Gasteiger partial charge in [-0.3, -0.25) is 4.79 Å². The Bertz CT molecular complexity index is 406. The van der Waals surface area contributed by atoms with Gasteiger partial charge in [0, 0.05) is 11.6 Å². The van der Waals surface area contributed by atoms with Crippen molar-refractivity contribution in [2.75, 3.05) is 0 Å². The van der Waals surface area contributed by atoms with Gasteiger partial charge in [0.05, 0.1) is 0 Å². The van der Waals surface area contributed by atoms with Gasteiger partial charge in [-0.1, -0.05) is 35.5 Å². The second kappa shape index (κ2) is 3.23. The minimum absolute atomic E-state index is 0.124. The Morgan fingerprint density at radius 1 is 1.23 bits per heavy atom. The van der Waals surface area contributed by atoms with Crippen molar-refractivity contribution < 1.29 is 9.32 Å². The molecule has 63 valence electrons. The molecule has 3 nitrogen and oxygen atoms in total. The molecule has 0 aliphatic rings. The van der Waals surface area contributed by atoms with Gasteiger partial charge in [0.15, 0.2) is 0 Å². The van der Waals surface area contributed by atoms with Gasteiger partial charge in [-0.2, -0.15) is 0 Å². The van der Waals surface area contributed by atoms with E-state index >= 15 is 0 Å². The Labute approximate surface area is 75.0 Å². The maximum absolute atomic E-state index is 10.2. The first-order chi connectivity index (χ1) is 6.40. The first-order valence-electron chi connectivity index (χ1n) is 3.80. The molecule has 1 aromatic heterocycles. The van der Waals surface area contributed by atoms with Crippen LogP contribution in [0.15, 0.2) is 40.9 Å². The molecule has 13 heavy (non-hydrogen) atoms. The molecule has 0 spiro atoms. The molecule has 3 heteroatoms. The molecule has 0 unspecified atom stereocenters. The molecule has 0 N–H and O–H groups in total. The van der Waals surface area contributed by atoms with Gasteiger partial charge in [0.2, 0.25) is 5.76 Å². The summed E-state index contributed by atoms with van der Waals surface area (Å²) in [5.41, 5.74) is 1.58. The smallest absolute Gasteiger partial charge is 0.274 e. The standard InChI is InChI=1S/C10H6NO2/c12-7-9-6-10(11-13-9)8-4-2-1-3-5-8/h1-6H. The second-order valence-electron chi connectivity index (χ2n) is 2.54. The summed E-state index contributed by atoms with van der Waals surface area (Å²) in [4.78, 5) is 10.2. The summed E-state index contributed by atoms with van der Waals surface area (Å²) in [6.45, 7) is 0. The molecular formula is C10H6NO2. The van der Waals surface area contributed by atoms with Crippen molar-refractivity contribution in [3.05, 3.63) is 42.2 Å². The van der Waals surface area contributed by atoms with E-state index in [-0.39, 0.29) is 5.76 Å². The fourth-order valence-electron chi connectivity index (χ4n) is 1.07. The van der Waals surface area contributed by atoms with Gasteiger partial charge in [0.25, 0.3) is 6.29 Å². The Kier molecular flexibility index (Phi) is 1.92. The third-order valence-corrected chi connectivity index (χ3v) is 1.68. The van der Waals surface area contributed by atoms with E-state index in [1.165, 1.54) is 0 Å². The number of nitrogens with zero attached hydrogens (tertiary/aromatic N) is 1. The quantitative estimate of drug-likeness (QED) is 0.693. The van der Waals surface area contributed by atoms with Gasteiger partial charge in [-0.15, -0.1) is 0 Å². The van der Waals surface area contributed by atoms with Gasteiger partial charge in [0.1, 0.15) is 5.69 Å². The monoisotopic (exact) mass is 172 g/mol. The molecule has 0 fully saturated rings. The van der Waals surface area contributed by atoms with Crippen LogP contribution in [0.1, 0.15) is 5.76 Å². The van der Waals surface area contributed by atoms with Gasteiger partial charge >= 0.3 is 0 Å². The molecule has 0 saturated carbocycles. The normalized spacial score (nSPS) is 9.85. The molecule has 0 saturated heterocycles. The predicted molar refractivity (Wildman–Crippen MR) is 46.7 cm³/mol. The molecule has 0 bridgehead atoms. The number of hydrogen-bond donors (Lipinski definition) is 0. The van der Waals surface area contributed by atoms with E-state index in [1.807, 2.05) is 30.3 Å². The molecule has 1 radical (unpaired) electrons. The van der Waals surface area contributed by atoms with Crippen LogP contribution < -0.4 is 0 Å². The summed E-state index contributed by atoms with van der Waals surface area (Å²) in [6, 6.07) is 11.1. The highest BCUT2D eigenvalue weighted by Crippen LogP contribution is 2.17. The predicted octanol–water partition coefficient (Wildman–Crippen LogP) is 1.80. The van der Waals surface area contributed by atoms with Crippen molar-refractivity contribution in [2.45, 2.75) is 0 Å². The van der Waals surface area contributed by atoms with Crippen LogP contribution in [0, 0.1) is 0 Å². The van der Waals surface area contributed by atoms with Crippen molar-refractivity contribution in [3.63, 3.8) is 0 Å². The minimum Gasteiger partial charge on any atom is -0.352 e. The lowest BCUT2D eigenvalue weighted by molar-refractivity contribution is 0.409. The van der Waals surface area contributed by atoms with E-state index in [1.54, 1.807) is 12.4 Å². The molecule has 2 rings (SSSR count). The topological polar surface area (TPSA) is 43.1 Å². The van der Waals surface area contributed by atoms with Crippen LogP contribution in [0.2, 0.25) is 0 Å². The van der Waals surface area contributed by atoms with Crippen molar-refractivity contribution in [3.8, 4) is 11.3 Å². The van der Waals surface area contributed by atoms with E-state index < -0.39 is 0 Å². The summed E-state index contributed by atoms with van der Waals surface area (Å²) in [6.07, 6.45) is 1.64. The number of benzene rings is 1. The number of rotatable bonds is 2. The number of carbonyl (C=O) groups excluding carboxylic acids is 1. The average Bonchev–Trinajstić information content (AvgIpc) is 2.67. The molecule has 0 atom stereocenters. The van der Waals surface area contributed by atoms with Crippen LogP contribution in [0.4, 0.5) is 0 Å². The third kappa shape index (κ3) is 1.49. The van der Waals surface area contributed by atoms with Crippen molar-refractivity contribution in [1.29, 1.82) is 0 Å². The second-order valence-corrected chi connectivity index (χ2v) is 2.54. The molecule has 2 aromatic rings. The molecule has 0 amide bonds. The maximum Gasteiger partial charge on any atom is 0.274 e. The van der Waals surface area contributed by atoms with Gasteiger partial charge in [-0.05, 0) is 0 Å². The SMILES string of the molecule is O=[C]c1cc(-c2ccccc2)no1. The van der Waals surface area contributed by atoms with E-state index in [4.69, 9.17) is 4.52 Å². The van der Waals surface area contributed by atoms with Gasteiger partial charge in [-0.25, -0.2) is 0 Å². The zero-order valence-electron chi connectivity index (χ0n) is 6.73. The first kappa shape index (κ1) is 7.73. The molecule has 1 heterocycles. The van der Waals surface area contributed by atoms with E-state index in [0.717, 1.165) is 5.56 Å². The van der Waals surface area contributed by atoms with Gasteiger partial charge < -0.3 is 4.52 Å². The van der Waals surface area contributed by atoms with Crippen molar-refractivity contribution >= 4 is 6.29 Å². The largest absolute Gasteiger partial charge is 0.352 e. The number of hydrogen-bond acceptors (Lipinski definition) is 3. The summed E-state index contributed by atoms with van der Waals surface area (Å²) in [7, 11) is 0. The molecule has 1 aromatic carbocycles. The highest BCUT2D eigenvalue weighted by molar-refractivity contribution is 5.74. The summed E-state index contributed by atoms with van der Waals surface area (Å²) < 4.78 is 4.69. The van der Waals surface area contributed by atoms with Crippen molar-refractivity contribution in [2.24, 2.45) is 0 Å². The Hall–Kier alpha value is -1.90. The highest BCUT2D eigenvalue weighted by Gasteiger charge is 2.04. The minimum atomic E-state index is 0.124. The van der Waals surface area contributed by atoms with Crippen LogP contribution in [0.3, 0.4) is 0 Å². The first-order valence-corrected chi connectivity index (χ1v) is 3.80. The lowest BCUT2D eigenvalue weighted by Crippen LogP contribution is -1.74. The van der Waals surface area contributed by atoms with E-state index in [2.05, 4.69) is 5.16 Å². The van der Waals surface area contributed by atoms with Crippen LogP contribution in [-0.2, 0) is 4.79 Å². The fourth-order valence-corrected chi connectivity index (χ4v) is 1.07. The summed E-state index contributed by atoms with van der Waals surface area (Å²) >= 11 is 0. The summed E-state index contributed by atoms with van der Waals surface area (Å²) in [5.74, 6) is 0.124. The zero-order valence-corrected chi connectivity index (χ0v) is 6.73. The highest BCUT2D eigenvalue weighted by atomic mass is 16.5. The average molecular weight is 172 g/mol. The van der Waals surface area contributed by atoms with E-state index in [0.29, 0.717) is 5.69 Å². The maximum atomic E-state index is 10.2. The lowest BCUT2D eigenvalue weighted by atomic mass is 10.1. The van der Waals surface area contributed by atoms with Crippen LogP contribution >= 0.6 is 0 Å². The molecule has 0 aliphatic carbocycles. The Morgan fingerprint density at radius 2 is 2.00 bits per heavy atom.